The number of nitrogens with one attached hydrogen (secondary N) is 1. The van der Waals surface area contributed by atoms with Crippen LogP contribution in [0.3, 0.4) is 0 Å². The van der Waals surface area contributed by atoms with Gasteiger partial charge in [-0.1, -0.05) is 12.8 Å². The molecular formula is C19H26N4O3S. The Morgan fingerprint density at radius 3 is 2.26 bits per heavy atom. The van der Waals surface area contributed by atoms with E-state index in [4.69, 9.17) is 0 Å². The Balaban J connectivity index is 1.74. The van der Waals surface area contributed by atoms with Crippen LogP contribution in [0.25, 0.3) is 0 Å². The van der Waals surface area contributed by atoms with Crippen LogP contribution >= 0.6 is 0 Å². The summed E-state index contributed by atoms with van der Waals surface area (Å²) in [6, 6.07) is 7.97. The van der Waals surface area contributed by atoms with E-state index >= 15 is 0 Å². The summed E-state index contributed by atoms with van der Waals surface area (Å²) < 4.78 is 28.9. The maximum absolute atomic E-state index is 12.8. The lowest BCUT2D eigenvalue weighted by molar-refractivity contribution is 0.102. The molecule has 0 radical (unpaired) electrons. The molecule has 0 unspecified atom stereocenters. The van der Waals surface area contributed by atoms with Gasteiger partial charge in [0.2, 0.25) is 10.0 Å². The Bertz CT molecular complexity index is 880. The molecule has 0 bridgehead atoms. The molecule has 1 aromatic carbocycles. The minimum Gasteiger partial charge on any atom is -0.307 e. The number of hydrogen-bond donors (Lipinski definition) is 1. The Morgan fingerprint density at radius 2 is 1.67 bits per heavy atom. The van der Waals surface area contributed by atoms with Crippen molar-refractivity contribution < 1.29 is 13.2 Å². The predicted octanol–water partition coefficient (Wildman–Crippen LogP) is 3.28. The third kappa shape index (κ3) is 4.39. The first kappa shape index (κ1) is 19.6. The lowest BCUT2D eigenvalue weighted by Gasteiger charge is -2.20. The van der Waals surface area contributed by atoms with Crippen molar-refractivity contribution in [3.05, 3.63) is 42.1 Å². The number of benzene rings is 1. The highest BCUT2D eigenvalue weighted by molar-refractivity contribution is 7.89. The topological polar surface area (TPSA) is 84.3 Å². The molecule has 0 spiro atoms. The van der Waals surface area contributed by atoms with E-state index in [1.54, 1.807) is 33.4 Å². The van der Waals surface area contributed by atoms with Crippen molar-refractivity contribution in [2.45, 2.75) is 50.5 Å². The van der Waals surface area contributed by atoms with Crippen molar-refractivity contribution in [2.24, 2.45) is 0 Å². The molecule has 1 amide bonds. The minimum absolute atomic E-state index is 0.122. The molecule has 0 aliphatic carbocycles. The highest BCUT2D eigenvalue weighted by Crippen LogP contribution is 2.21. The second kappa shape index (κ2) is 8.22. The molecule has 1 aliphatic heterocycles. The molecule has 8 heteroatoms. The summed E-state index contributed by atoms with van der Waals surface area (Å²) in [5.41, 5.74) is 0.404. The van der Waals surface area contributed by atoms with Crippen molar-refractivity contribution in [1.29, 1.82) is 0 Å². The Kier molecular flexibility index (Phi) is 5.96. The Labute approximate surface area is 160 Å². The van der Waals surface area contributed by atoms with E-state index < -0.39 is 10.0 Å². The van der Waals surface area contributed by atoms with E-state index in [-0.39, 0.29) is 16.8 Å². The molecule has 1 saturated heterocycles. The summed E-state index contributed by atoms with van der Waals surface area (Å²) >= 11 is 0. The van der Waals surface area contributed by atoms with Gasteiger partial charge < -0.3 is 5.32 Å². The Hall–Kier alpha value is -2.19. The zero-order chi connectivity index (χ0) is 19.4. The van der Waals surface area contributed by atoms with Crippen molar-refractivity contribution in [1.82, 2.24) is 14.1 Å². The van der Waals surface area contributed by atoms with E-state index in [1.807, 2.05) is 13.8 Å². The van der Waals surface area contributed by atoms with Gasteiger partial charge in [-0.15, -0.1) is 0 Å². The van der Waals surface area contributed by atoms with Crippen LogP contribution in [-0.4, -0.2) is 41.5 Å². The maximum Gasteiger partial charge on any atom is 0.256 e. The lowest BCUT2D eigenvalue weighted by atomic mass is 10.2. The van der Waals surface area contributed by atoms with E-state index in [9.17, 15) is 13.2 Å². The molecule has 1 aliphatic rings. The fraction of sp³-hybridized carbons (Fsp3) is 0.474. The van der Waals surface area contributed by atoms with Gasteiger partial charge in [0.25, 0.3) is 5.91 Å². The van der Waals surface area contributed by atoms with Gasteiger partial charge in [-0.3, -0.25) is 4.79 Å². The van der Waals surface area contributed by atoms with Crippen molar-refractivity contribution in [3.63, 3.8) is 0 Å². The third-order valence-corrected chi connectivity index (χ3v) is 6.63. The number of aromatic nitrogens is 2. The van der Waals surface area contributed by atoms with Crippen LogP contribution in [0.2, 0.25) is 0 Å². The summed E-state index contributed by atoms with van der Waals surface area (Å²) in [7, 11) is -3.51. The molecule has 2 heterocycles. The number of nitrogens with zero attached hydrogens (tertiary/aromatic N) is 3. The molecule has 2 aromatic rings. The molecule has 7 nitrogen and oxygen atoms in total. The van der Waals surface area contributed by atoms with E-state index in [0.29, 0.717) is 24.5 Å². The van der Waals surface area contributed by atoms with Crippen LogP contribution in [0.15, 0.2) is 41.4 Å². The highest BCUT2D eigenvalue weighted by atomic mass is 32.2. The highest BCUT2D eigenvalue weighted by Gasteiger charge is 2.25. The van der Waals surface area contributed by atoms with Gasteiger partial charge >= 0.3 is 0 Å². The summed E-state index contributed by atoms with van der Waals surface area (Å²) in [5, 5.41) is 7.01. The van der Waals surface area contributed by atoms with Gasteiger partial charge in [0.15, 0.2) is 0 Å². The predicted molar refractivity (Wildman–Crippen MR) is 104 cm³/mol. The van der Waals surface area contributed by atoms with Crippen molar-refractivity contribution >= 4 is 21.7 Å². The van der Waals surface area contributed by atoms with Crippen LogP contribution in [0.5, 0.6) is 0 Å². The minimum atomic E-state index is -3.51. The van der Waals surface area contributed by atoms with Crippen molar-refractivity contribution in [3.8, 4) is 0 Å². The number of anilines is 1. The van der Waals surface area contributed by atoms with Gasteiger partial charge in [0, 0.05) is 30.8 Å². The normalized spacial score (nSPS) is 16.3. The average Bonchev–Trinajstić information content (AvgIpc) is 2.93. The smallest absolute Gasteiger partial charge is 0.256 e. The number of hydrogen-bond acceptors (Lipinski definition) is 4. The van der Waals surface area contributed by atoms with Crippen LogP contribution in [0.1, 0.15) is 55.9 Å². The largest absolute Gasteiger partial charge is 0.307 e. The second-order valence-corrected chi connectivity index (χ2v) is 8.99. The molecule has 0 saturated carbocycles. The first-order valence-corrected chi connectivity index (χ1v) is 10.8. The fourth-order valence-electron chi connectivity index (χ4n) is 3.22. The van der Waals surface area contributed by atoms with Gasteiger partial charge in [0.05, 0.1) is 11.1 Å². The lowest BCUT2D eigenvalue weighted by Crippen LogP contribution is -2.31. The monoisotopic (exact) mass is 390 g/mol. The number of amides is 1. The average molecular weight is 391 g/mol. The summed E-state index contributed by atoms with van der Waals surface area (Å²) in [6.07, 6.45) is 5.55. The molecule has 0 atom stereocenters. The number of rotatable bonds is 5. The maximum atomic E-state index is 12.8. The summed E-state index contributed by atoms with van der Waals surface area (Å²) in [5.74, 6) is 0.312. The molecule has 1 fully saturated rings. The quantitative estimate of drug-likeness (QED) is 0.849. The van der Waals surface area contributed by atoms with E-state index in [1.165, 1.54) is 12.1 Å². The fourth-order valence-corrected chi connectivity index (χ4v) is 4.74. The summed E-state index contributed by atoms with van der Waals surface area (Å²) in [6.45, 7) is 5.07. The van der Waals surface area contributed by atoms with Crippen LogP contribution < -0.4 is 5.32 Å². The molecule has 1 aromatic heterocycles. The number of carbonyl (C=O) groups is 1. The second-order valence-electron chi connectivity index (χ2n) is 7.05. The van der Waals surface area contributed by atoms with Crippen LogP contribution in [0.4, 0.5) is 5.82 Å². The Morgan fingerprint density at radius 1 is 1.04 bits per heavy atom. The third-order valence-electron chi connectivity index (χ3n) is 4.72. The van der Waals surface area contributed by atoms with Gasteiger partial charge in [-0.2, -0.15) is 9.40 Å². The van der Waals surface area contributed by atoms with Gasteiger partial charge in [-0.05, 0) is 51.0 Å². The van der Waals surface area contributed by atoms with Crippen LogP contribution in [-0.2, 0) is 10.0 Å². The van der Waals surface area contributed by atoms with E-state index in [0.717, 1.165) is 25.7 Å². The van der Waals surface area contributed by atoms with Crippen molar-refractivity contribution in [2.75, 3.05) is 18.4 Å². The molecule has 27 heavy (non-hydrogen) atoms. The first-order valence-electron chi connectivity index (χ1n) is 9.34. The zero-order valence-corrected chi connectivity index (χ0v) is 16.6. The van der Waals surface area contributed by atoms with Gasteiger partial charge in [0.1, 0.15) is 5.82 Å². The van der Waals surface area contributed by atoms with Crippen LogP contribution in [0, 0.1) is 0 Å². The zero-order valence-electron chi connectivity index (χ0n) is 15.8. The molecule has 146 valence electrons. The molecule has 1 N–H and O–H groups in total. The first-order chi connectivity index (χ1) is 12.9. The molecule has 3 rings (SSSR count). The number of sulfonamides is 1. The van der Waals surface area contributed by atoms with Gasteiger partial charge in [-0.25, -0.2) is 13.1 Å². The van der Waals surface area contributed by atoms with E-state index in [2.05, 4.69) is 10.4 Å². The molecular weight excluding hydrogens is 364 g/mol. The number of carbonyl (C=O) groups excluding carboxylic acids is 1. The SMILES string of the molecule is CC(C)n1nccc1NC(=O)c1ccc(S(=O)(=O)N2CCCCCC2)cc1. The summed E-state index contributed by atoms with van der Waals surface area (Å²) in [4.78, 5) is 12.7. The standard InChI is InChI=1S/C19H26N4O3S/c1-15(2)23-18(11-12-20-23)21-19(24)16-7-9-17(10-8-16)27(25,26)22-13-5-3-4-6-14-22/h7-12,15H,3-6,13-14H2,1-2H3,(H,21,24).